The fourth-order valence-electron chi connectivity index (χ4n) is 7.76. The molecule has 1 amide bonds. The van der Waals surface area contributed by atoms with Crippen molar-refractivity contribution < 1.29 is 25.2 Å². The van der Waals surface area contributed by atoms with Gasteiger partial charge in [-0.15, -0.1) is 0 Å². The molecule has 0 saturated carbocycles. The lowest BCUT2D eigenvalue weighted by Crippen LogP contribution is -2.53. The number of hydrogen-bond donors (Lipinski definition) is 5. The maximum absolute atomic E-state index is 12.5. The largest absolute Gasteiger partial charge is 0.394 e. The monoisotopic (exact) mass is 754 g/mol. The number of rotatable bonds is 44. The Balaban J connectivity index is 3.62. The Kier molecular flexibility index (Phi) is 41.9. The van der Waals surface area contributed by atoms with Crippen LogP contribution in [0, 0.1) is 0 Å². The van der Waals surface area contributed by atoms with Crippen LogP contribution >= 0.6 is 0 Å². The first-order chi connectivity index (χ1) is 26.0. The van der Waals surface area contributed by atoms with Gasteiger partial charge in [0.15, 0.2) is 0 Å². The number of aliphatic hydroxyl groups excluding tert-OH is 4. The van der Waals surface area contributed by atoms with Crippen LogP contribution < -0.4 is 5.32 Å². The van der Waals surface area contributed by atoms with E-state index < -0.39 is 36.9 Å². The van der Waals surface area contributed by atoms with Gasteiger partial charge in [0.2, 0.25) is 5.91 Å². The van der Waals surface area contributed by atoms with Crippen molar-refractivity contribution in [1.82, 2.24) is 5.32 Å². The molecule has 6 heteroatoms. The zero-order valence-corrected chi connectivity index (χ0v) is 35.8. The van der Waals surface area contributed by atoms with Crippen LogP contribution in [0.4, 0.5) is 0 Å². The van der Waals surface area contributed by atoms with Crippen molar-refractivity contribution >= 4 is 5.91 Å². The van der Waals surface area contributed by atoms with E-state index in [1.807, 2.05) is 0 Å². The number of amides is 1. The molecule has 0 aliphatic heterocycles. The zero-order chi connectivity index (χ0) is 38.9. The minimum atomic E-state index is -1.25. The Hall–Kier alpha value is -0.690. The second-order valence-electron chi connectivity index (χ2n) is 16.8. The molecule has 0 heterocycles. The average molecular weight is 754 g/mol. The summed E-state index contributed by atoms with van der Waals surface area (Å²) in [6.07, 6.45) is 45.7. The third-order valence-corrected chi connectivity index (χ3v) is 11.6. The van der Waals surface area contributed by atoms with Gasteiger partial charge in [0, 0.05) is 0 Å². The van der Waals surface area contributed by atoms with E-state index in [2.05, 4.69) is 19.2 Å². The number of aliphatic hydroxyl groups is 4. The van der Waals surface area contributed by atoms with E-state index in [1.54, 1.807) is 0 Å². The number of unbranched alkanes of at least 4 members (excludes halogenated alkanes) is 35. The minimum Gasteiger partial charge on any atom is -0.394 e. The van der Waals surface area contributed by atoms with Crippen LogP contribution in [0.3, 0.4) is 0 Å². The molecule has 0 aromatic heterocycles. The van der Waals surface area contributed by atoms with Gasteiger partial charge in [-0.2, -0.15) is 0 Å². The molecule has 53 heavy (non-hydrogen) atoms. The molecule has 0 aliphatic rings. The Morgan fingerprint density at radius 2 is 0.642 bits per heavy atom. The van der Waals surface area contributed by atoms with Gasteiger partial charge >= 0.3 is 0 Å². The van der Waals surface area contributed by atoms with Crippen LogP contribution in [0.2, 0.25) is 0 Å². The molecule has 0 radical (unpaired) electrons. The van der Waals surface area contributed by atoms with Gasteiger partial charge in [0.25, 0.3) is 0 Å². The molecule has 0 rings (SSSR count). The lowest BCUT2D eigenvalue weighted by atomic mass is 9.99. The van der Waals surface area contributed by atoms with E-state index in [0.717, 1.165) is 38.5 Å². The van der Waals surface area contributed by atoms with E-state index in [0.29, 0.717) is 12.8 Å². The summed E-state index contributed by atoms with van der Waals surface area (Å²) in [4.78, 5) is 12.5. The normalized spacial score (nSPS) is 14.0. The molecule has 0 fully saturated rings. The molecule has 4 unspecified atom stereocenters. The summed E-state index contributed by atoms with van der Waals surface area (Å²) in [5.41, 5.74) is 0. The number of carbonyl (C=O) groups is 1. The molecular weight excluding hydrogens is 659 g/mol. The summed E-state index contributed by atoms with van der Waals surface area (Å²) in [6, 6.07) is -0.979. The standard InChI is InChI=1S/C47H95NO5/c1-3-5-7-9-11-13-15-17-18-19-20-21-22-23-24-25-26-27-29-30-32-34-36-38-40-44(50)46(52)43(42-49)48-47(53)45(51)41-39-37-35-33-31-28-16-14-12-10-8-6-4-2/h43-46,49-52H,3-42H2,1-2H3,(H,48,53). The third kappa shape index (κ3) is 36.7. The molecule has 0 spiro atoms. The summed E-state index contributed by atoms with van der Waals surface area (Å²) in [5, 5.41) is 43.7. The van der Waals surface area contributed by atoms with Crippen molar-refractivity contribution in [3.8, 4) is 0 Å². The zero-order valence-electron chi connectivity index (χ0n) is 35.8. The van der Waals surface area contributed by atoms with Crippen molar-refractivity contribution in [2.45, 2.75) is 289 Å². The highest BCUT2D eigenvalue weighted by Gasteiger charge is 2.28. The first-order valence-corrected chi connectivity index (χ1v) is 23.9. The Bertz CT molecular complexity index is 721. The van der Waals surface area contributed by atoms with Crippen molar-refractivity contribution in [3.63, 3.8) is 0 Å². The molecule has 0 aromatic carbocycles. The molecular formula is C47H95NO5. The van der Waals surface area contributed by atoms with Gasteiger partial charge in [-0.3, -0.25) is 4.79 Å². The second-order valence-corrected chi connectivity index (χ2v) is 16.8. The molecule has 6 nitrogen and oxygen atoms in total. The van der Waals surface area contributed by atoms with Crippen molar-refractivity contribution in [3.05, 3.63) is 0 Å². The van der Waals surface area contributed by atoms with Crippen LogP contribution in [0.15, 0.2) is 0 Å². The van der Waals surface area contributed by atoms with Crippen LogP contribution in [0.25, 0.3) is 0 Å². The van der Waals surface area contributed by atoms with Gasteiger partial charge in [-0.1, -0.05) is 251 Å². The quantitative estimate of drug-likeness (QED) is 0.0398. The topological polar surface area (TPSA) is 110 Å². The van der Waals surface area contributed by atoms with Gasteiger partial charge in [0.1, 0.15) is 12.2 Å². The van der Waals surface area contributed by atoms with E-state index in [9.17, 15) is 25.2 Å². The summed E-state index contributed by atoms with van der Waals surface area (Å²) in [7, 11) is 0. The van der Waals surface area contributed by atoms with Gasteiger partial charge in [0.05, 0.1) is 18.8 Å². The van der Waals surface area contributed by atoms with Crippen LogP contribution in [0.5, 0.6) is 0 Å². The molecule has 4 atom stereocenters. The molecule has 0 aromatic rings. The second kappa shape index (κ2) is 42.5. The van der Waals surface area contributed by atoms with E-state index >= 15 is 0 Å². The Labute approximate surface area is 330 Å². The molecule has 0 saturated heterocycles. The van der Waals surface area contributed by atoms with Crippen LogP contribution in [-0.2, 0) is 4.79 Å². The fourth-order valence-corrected chi connectivity index (χ4v) is 7.76. The smallest absolute Gasteiger partial charge is 0.249 e. The number of nitrogens with one attached hydrogen (secondary N) is 1. The highest BCUT2D eigenvalue weighted by Crippen LogP contribution is 2.18. The Morgan fingerprint density at radius 1 is 0.396 bits per heavy atom. The highest BCUT2D eigenvalue weighted by molar-refractivity contribution is 5.80. The predicted octanol–water partition coefficient (Wildman–Crippen LogP) is 12.8. The first-order valence-electron chi connectivity index (χ1n) is 23.9. The van der Waals surface area contributed by atoms with Crippen molar-refractivity contribution in [1.29, 1.82) is 0 Å². The van der Waals surface area contributed by atoms with Crippen molar-refractivity contribution in [2.24, 2.45) is 0 Å². The SMILES string of the molecule is CCCCCCCCCCCCCCCCCCCCCCCCCCC(O)C(O)C(CO)NC(=O)C(O)CCCCCCCCCCCCCCC. The van der Waals surface area contributed by atoms with Crippen LogP contribution in [-0.4, -0.2) is 57.3 Å². The lowest BCUT2D eigenvalue weighted by molar-refractivity contribution is -0.132. The van der Waals surface area contributed by atoms with Crippen molar-refractivity contribution in [2.75, 3.05) is 6.61 Å². The molecule has 318 valence electrons. The maximum Gasteiger partial charge on any atom is 0.249 e. The van der Waals surface area contributed by atoms with Crippen LogP contribution in [0.1, 0.15) is 264 Å². The Morgan fingerprint density at radius 3 is 0.906 bits per heavy atom. The fraction of sp³-hybridized carbons (Fsp3) is 0.979. The summed E-state index contributed by atoms with van der Waals surface area (Å²) in [6.45, 7) is 4.07. The van der Waals surface area contributed by atoms with E-state index in [1.165, 1.54) is 199 Å². The van der Waals surface area contributed by atoms with E-state index in [-0.39, 0.29) is 0 Å². The lowest BCUT2D eigenvalue weighted by Gasteiger charge is -2.27. The number of carbonyl (C=O) groups excluding carboxylic acids is 1. The first kappa shape index (κ1) is 52.3. The van der Waals surface area contributed by atoms with Gasteiger partial charge < -0.3 is 25.7 Å². The third-order valence-electron chi connectivity index (χ3n) is 11.6. The van der Waals surface area contributed by atoms with Gasteiger partial charge in [-0.25, -0.2) is 0 Å². The molecule has 0 bridgehead atoms. The molecule has 0 aliphatic carbocycles. The summed E-state index contributed by atoms with van der Waals surface area (Å²) >= 11 is 0. The average Bonchev–Trinajstić information content (AvgIpc) is 3.16. The number of hydrogen-bond acceptors (Lipinski definition) is 5. The minimum absolute atomic E-state index is 0.375. The summed E-state index contributed by atoms with van der Waals surface area (Å²) < 4.78 is 0. The summed E-state index contributed by atoms with van der Waals surface area (Å²) in [5.74, 6) is -0.580. The molecule has 5 N–H and O–H groups in total. The van der Waals surface area contributed by atoms with Gasteiger partial charge in [-0.05, 0) is 12.8 Å². The predicted molar refractivity (Wildman–Crippen MR) is 228 cm³/mol. The van der Waals surface area contributed by atoms with E-state index in [4.69, 9.17) is 0 Å². The highest BCUT2D eigenvalue weighted by atomic mass is 16.3. The maximum atomic E-state index is 12.5.